The highest BCUT2D eigenvalue weighted by Gasteiger charge is 2.34. The normalized spacial score (nSPS) is 16.6. The zero-order valence-corrected chi connectivity index (χ0v) is 16.1. The van der Waals surface area contributed by atoms with Gasteiger partial charge in [-0.2, -0.15) is 0 Å². The molecule has 1 atom stereocenters. The number of benzene rings is 1. The Balaban J connectivity index is 2.13. The summed E-state index contributed by atoms with van der Waals surface area (Å²) in [6.07, 6.45) is 12.1. The van der Waals surface area contributed by atoms with Crippen LogP contribution in [0.1, 0.15) is 41.4 Å². The van der Waals surface area contributed by atoms with Crippen molar-refractivity contribution in [2.45, 2.75) is 6.04 Å². The second-order valence-corrected chi connectivity index (χ2v) is 6.89. The van der Waals surface area contributed by atoms with Crippen molar-refractivity contribution in [3.63, 3.8) is 0 Å². The molecule has 1 unspecified atom stereocenters. The summed E-state index contributed by atoms with van der Waals surface area (Å²) in [4.78, 5) is 53.6. The number of nitrogens with zero attached hydrogens (tertiary/aromatic N) is 2. The number of rotatable bonds is 5. The molecular formula is C22H14N2O8. The molecule has 0 saturated heterocycles. The molecule has 10 heteroatoms. The third kappa shape index (κ3) is 3.10. The zero-order valence-electron chi connectivity index (χ0n) is 16.1. The first kappa shape index (κ1) is 20.5. The Morgan fingerprint density at radius 3 is 2.12 bits per heavy atom. The number of aromatic nitrogens is 1. The van der Waals surface area contributed by atoms with Crippen molar-refractivity contribution >= 4 is 40.6 Å². The number of hydrogen-bond acceptors (Lipinski definition) is 6. The van der Waals surface area contributed by atoms with Crippen LogP contribution in [0.3, 0.4) is 0 Å². The van der Waals surface area contributed by atoms with Gasteiger partial charge in [0.15, 0.2) is 0 Å². The molecular weight excluding hydrogens is 420 g/mol. The number of carboxylic acids is 4. The maximum atomic E-state index is 12.2. The van der Waals surface area contributed by atoms with Crippen LogP contribution >= 0.6 is 0 Å². The van der Waals surface area contributed by atoms with Crippen molar-refractivity contribution in [3.8, 4) is 0 Å². The number of carbonyl (C=O) groups is 4. The molecule has 1 aliphatic heterocycles. The number of hydrogen-bond donors (Lipinski definition) is 4. The van der Waals surface area contributed by atoms with Gasteiger partial charge in [-0.15, -0.1) is 0 Å². The van der Waals surface area contributed by atoms with Crippen LogP contribution in [0.4, 0.5) is 5.82 Å². The lowest BCUT2D eigenvalue weighted by atomic mass is 9.93. The van der Waals surface area contributed by atoms with E-state index in [0.29, 0.717) is 0 Å². The van der Waals surface area contributed by atoms with Crippen LogP contribution < -0.4 is 4.90 Å². The van der Waals surface area contributed by atoms with Gasteiger partial charge in [0.25, 0.3) is 0 Å². The minimum Gasteiger partial charge on any atom is -0.478 e. The summed E-state index contributed by atoms with van der Waals surface area (Å²) in [5.41, 5.74) is -2.48. The van der Waals surface area contributed by atoms with Crippen LogP contribution in [0.5, 0.6) is 0 Å². The van der Waals surface area contributed by atoms with Crippen LogP contribution in [-0.2, 0) is 0 Å². The van der Waals surface area contributed by atoms with E-state index in [4.69, 9.17) is 0 Å². The molecule has 1 aromatic heterocycles. The smallest absolute Gasteiger partial charge is 0.340 e. The Labute approximate surface area is 179 Å². The lowest BCUT2D eigenvalue weighted by Gasteiger charge is -2.33. The van der Waals surface area contributed by atoms with Crippen LogP contribution in [-0.4, -0.2) is 55.3 Å². The van der Waals surface area contributed by atoms with Crippen LogP contribution in [0, 0.1) is 0 Å². The third-order valence-electron chi connectivity index (χ3n) is 5.12. The summed E-state index contributed by atoms with van der Waals surface area (Å²) in [6, 6.07) is 1.69. The van der Waals surface area contributed by atoms with E-state index in [1.165, 1.54) is 11.1 Å². The molecule has 2 heterocycles. The first-order valence-corrected chi connectivity index (χ1v) is 9.17. The van der Waals surface area contributed by atoms with Gasteiger partial charge in [0.05, 0.1) is 28.2 Å². The molecule has 160 valence electrons. The standard InChI is InChI=1S/C22H14N2O8/c25-19(26)11-7-8-12-15(14(11)20(27)28)16(21(29)30)17(22(31)32)18(23-12)24-9-3-5-10-4-1-2-6-13(10)24/h1-9,13H,(H,25,26)(H,27,28)(H,29,30)(H,31,32). The van der Waals surface area contributed by atoms with Gasteiger partial charge >= 0.3 is 23.9 Å². The van der Waals surface area contributed by atoms with Gasteiger partial charge in [0.1, 0.15) is 11.4 Å². The SMILES string of the molecule is O=C(O)c1ccc2nc(N3C=CC=C4C=CC=CC43)c(C(=O)O)c(C(=O)O)c2c1C(=O)O. The lowest BCUT2D eigenvalue weighted by Crippen LogP contribution is -2.35. The van der Waals surface area contributed by atoms with E-state index in [0.717, 1.165) is 17.7 Å². The molecule has 0 radical (unpaired) electrons. The Hall–Kier alpha value is -4.73. The van der Waals surface area contributed by atoms with E-state index in [-0.39, 0.29) is 11.3 Å². The quantitative estimate of drug-likeness (QED) is 0.550. The fraction of sp³-hybridized carbons (Fsp3) is 0.0455. The molecule has 0 spiro atoms. The fourth-order valence-electron chi connectivity index (χ4n) is 3.84. The monoisotopic (exact) mass is 434 g/mol. The zero-order chi connectivity index (χ0) is 23.2. The lowest BCUT2D eigenvalue weighted by molar-refractivity contribution is 0.0647. The molecule has 2 aromatic rings. The second-order valence-electron chi connectivity index (χ2n) is 6.89. The number of aromatic carboxylic acids is 4. The van der Waals surface area contributed by atoms with Gasteiger partial charge < -0.3 is 25.3 Å². The second kappa shape index (κ2) is 7.51. The number of pyridine rings is 1. The summed E-state index contributed by atoms with van der Waals surface area (Å²) < 4.78 is 0. The number of allylic oxidation sites excluding steroid dienone is 4. The van der Waals surface area contributed by atoms with E-state index < -0.39 is 57.6 Å². The predicted molar refractivity (Wildman–Crippen MR) is 111 cm³/mol. The predicted octanol–water partition coefficient (Wildman–Crippen LogP) is 2.78. The molecule has 1 aromatic carbocycles. The van der Waals surface area contributed by atoms with Crippen molar-refractivity contribution in [1.29, 1.82) is 0 Å². The first-order valence-electron chi connectivity index (χ1n) is 9.17. The molecule has 10 nitrogen and oxygen atoms in total. The van der Waals surface area contributed by atoms with Gasteiger partial charge in [0.2, 0.25) is 0 Å². The molecule has 0 amide bonds. The van der Waals surface area contributed by atoms with Gasteiger partial charge in [0, 0.05) is 11.6 Å². The van der Waals surface area contributed by atoms with Crippen LogP contribution in [0.15, 0.2) is 60.4 Å². The summed E-state index contributed by atoms with van der Waals surface area (Å²) in [6.45, 7) is 0. The van der Waals surface area contributed by atoms with E-state index in [9.17, 15) is 39.6 Å². The first-order chi connectivity index (χ1) is 15.2. The maximum Gasteiger partial charge on any atom is 0.340 e. The van der Waals surface area contributed by atoms with E-state index in [2.05, 4.69) is 4.98 Å². The van der Waals surface area contributed by atoms with Crippen molar-refractivity contribution in [1.82, 2.24) is 4.98 Å². The maximum absolute atomic E-state index is 12.2. The third-order valence-corrected chi connectivity index (χ3v) is 5.12. The number of anilines is 1. The molecule has 0 fully saturated rings. The Morgan fingerprint density at radius 1 is 0.812 bits per heavy atom. The van der Waals surface area contributed by atoms with Gasteiger partial charge in [-0.25, -0.2) is 24.2 Å². The highest BCUT2D eigenvalue weighted by atomic mass is 16.4. The van der Waals surface area contributed by atoms with Gasteiger partial charge in [-0.1, -0.05) is 30.4 Å². The Kier molecular flexibility index (Phi) is 4.82. The minimum absolute atomic E-state index is 0.162. The number of fused-ring (bicyclic) bond motifs is 2. The fourth-order valence-corrected chi connectivity index (χ4v) is 3.84. The Bertz CT molecular complexity index is 1350. The number of carboxylic acid groups (broad SMARTS) is 4. The molecule has 4 N–H and O–H groups in total. The summed E-state index contributed by atoms with van der Waals surface area (Å²) in [5.74, 6) is -6.91. The van der Waals surface area contributed by atoms with Crippen LogP contribution in [0.25, 0.3) is 10.9 Å². The molecule has 4 rings (SSSR count). The summed E-state index contributed by atoms with van der Waals surface area (Å²) in [5, 5.41) is 38.3. The highest BCUT2D eigenvalue weighted by Crippen LogP contribution is 2.36. The van der Waals surface area contributed by atoms with E-state index in [1.807, 2.05) is 12.2 Å². The topological polar surface area (TPSA) is 165 Å². The van der Waals surface area contributed by atoms with Crippen LogP contribution in [0.2, 0.25) is 0 Å². The average Bonchev–Trinajstić information content (AvgIpc) is 2.75. The average molecular weight is 434 g/mol. The molecule has 1 aliphatic carbocycles. The summed E-state index contributed by atoms with van der Waals surface area (Å²) >= 11 is 0. The minimum atomic E-state index is -1.73. The molecule has 32 heavy (non-hydrogen) atoms. The van der Waals surface area contributed by atoms with Crippen molar-refractivity contribution < 1.29 is 39.6 Å². The Morgan fingerprint density at radius 2 is 1.50 bits per heavy atom. The largest absolute Gasteiger partial charge is 0.478 e. The summed E-state index contributed by atoms with van der Waals surface area (Å²) in [7, 11) is 0. The van der Waals surface area contributed by atoms with Gasteiger partial charge in [-0.05, 0) is 23.8 Å². The molecule has 0 saturated carbocycles. The molecule has 0 bridgehead atoms. The highest BCUT2D eigenvalue weighted by molar-refractivity contribution is 6.20. The van der Waals surface area contributed by atoms with E-state index in [1.54, 1.807) is 24.3 Å². The molecule has 2 aliphatic rings. The van der Waals surface area contributed by atoms with Crippen molar-refractivity contribution in [2.75, 3.05) is 4.90 Å². The van der Waals surface area contributed by atoms with E-state index >= 15 is 0 Å². The van der Waals surface area contributed by atoms with Crippen molar-refractivity contribution in [3.05, 3.63) is 82.6 Å². The van der Waals surface area contributed by atoms with Gasteiger partial charge in [-0.3, -0.25) is 0 Å². The van der Waals surface area contributed by atoms with Crippen molar-refractivity contribution in [2.24, 2.45) is 0 Å².